The van der Waals surface area contributed by atoms with Crippen LogP contribution in [0.15, 0.2) is 36.4 Å². The maximum atomic E-state index is 13.1. The molecule has 1 aliphatic heterocycles. The van der Waals surface area contributed by atoms with Crippen molar-refractivity contribution in [2.45, 2.75) is 32.2 Å². The van der Waals surface area contributed by atoms with Crippen LogP contribution in [0, 0.1) is 0 Å². The molecule has 0 unspecified atom stereocenters. The molecule has 0 saturated carbocycles. The summed E-state index contributed by atoms with van der Waals surface area (Å²) >= 11 is 0. The summed E-state index contributed by atoms with van der Waals surface area (Å²) in [6, 6.07) is 11.8. The van der Waals surface area contributed by atoms with Gasteiger partial charge in [-0.2, -0.15) is 9.61 Å². The van der Waals surface area contributed by atoms with E-state index >= 15 is 0 Å². The Bertz CT molecular complexity index is 1290. The smallest absolute Gasteiger partial charge is 0.275 e. The third-order valence-electron chi connectivity index (χ3n) is 5.93. The number of rotatable bonds is 3. The molecule has 0 radical (unpaired) electrons. The fourth-order valence-electron chi connectivity index (χ4n) is 4.01. The Hall–Kier alpha value is -3.49. The molecule has 31 heavy (non-hydrogen) atoms. The molecule has 4 heterocycles. The summed E-state index contributed by atoms with van der Waals surface area (Å²) in [4.78, 5) is 17.1. The average molecular weight is 419 g/mol. The molecule has 1 fully saturated rings. The van der Waals surface area contributed by atoms with Crippen LogP contribution in [0.4, 0.5) is 5.82 Å². The van der Waals surface area contributed by atoms with Gasteiger partial charge in [-0.15, -0.1) is 15.3 Å². The molecule has 5 rings (SSSR count). The van der Waals surface area contributed by atoms with Gasteiger partial charge in [0, 0.05) is 38.0 Å². The molecule has 3 aromatic heterocycles. The van der Waals surface area contributed by atoms with Crippen LogP contribution in [-0.2, 0) is 12.5 Å². The largest absolute Gasteiger partial charge is 0.351 e. The monoisotopic (exact) mass is 418 g/mol. The SMILES string of the molecule is CN(C(=O)c1nn(C)c2ccccc12)C1CN(c2ccc3nnc(C(C)(C)C)n3n2)C1. The first-order chi connectivity index (χ1) is 14.7. The highest BCUT2D eigenvalue weighted by Crippen LogP contribution is 2.26. The fraction of sp³-hybridized carbons (Fsp3) is 0.409. The van der Waals surface area contributed by atoms with Crippen LogP contribution in [0.5, 0.6) is 0 Å². The van der Waals surface area contributed by atoms with Gasteiger partial charge in [-0.05, 0) is 18.2 Å². The number of hydrogen-bond donors (Lipinski definition) is 0. The lowest BCUT2D eigenvalue weighted by Crippen LogP contribution is -2.60. The van der Waals surface area contributed by atoms with Crippen molar-refractivity contribution in [2.24, 2.45) is 7.05 Å². The number of likely N-dealkylation sites (N-methyl/N-ethyl adjacent to an activating group) is 1. The molecule has 0 aliphatic carbocycles. The summed E-state index contributed by atoms with van der Waals surface area (Å²) in [5.74, 6) is 1.63. The molecule has 0 bridgehead atoms. The van der Waals surface area contributed by atoms with Gasteiger partial charge in [-0.25, -0.2) is 0 Å². The minimum absolute atomic E-state index is 0.0568. The molecule has 1 aromatic carbocycles. The summed E-state index contributed by atoms with van der Waals surface area (Å²) in [5, 5.41) is 18.7. The van der Waals surface area contributed by atoms with Crippen LogP contribution in [0.25, 0.3) is 16.6 Å². The number of nitrogens with zero attached hydrogens (tertiary/aromatic N) is 8. The Morgan fingerprint density at radius 1 is 1.06 bits per heavy atom. The summed E-state index contributed by atoms with van der Waals surface area (Å²) in [7, 11) is 3.71. The molecule has 0 spiro atoms. The number of fused-ring (bicyclic) bond motifs is 2. The van der Waals surface area contributed by atoms with Crippen LogP contribution >= 0.6 is 0 Å². The van der Waals surface area contributed by atoms with Gasteiger partial charge in [0.05, 0.1) is 11.6 Å². The van der Waals surface area contributed by atoms with Crippen molar-refractivity contribution in [2.75, 3.05) is 25.0 Å². The lowest BCUT2D eigenvalue weighted by molar-refractivity contribution is 0.0700. The van der Waals surface area contributed by atoms with Gasteiger partial charge in [0.2, 0.25) is 0 Å². The first-order valence-corrected chi connectivity index (χ1v) is 10.4. The Morgan fingerprint density at radius 2 is 1.81 bits per heavy atom. The lowest BCUT2D eigenvalue weighted by atomic mass is 9.96. The van der Waals surface area contributed by atoms with E-state index in [4.69, 9.17) is 5.10 Å². The lowest BCUT2D eigenvalue weighted by Gasteiger charge is -2.44. The van der Waals surface area contributed by atoms with E-state index in [0.29, 0.717) is 5.69 Å². The molecule has 1 saturated heterocycles. The number of aryl methyl sites for hydroxylation is 1. The quantitative estimate of drug-likeness (QED) is 0.507. The zero-order chi connectivity index (χ0) is 21.9. The van der Waals surface area contributed by atoms with Gasteiger partial charge in [-0.1, -0.05) is 39.0 Å². The van der Waals surface area contributed by atoms with Gasteiger partial charge in [0.15, 0.2) is 17.2 Å². The number of carbonyl (C=O) groups excluding carboxylic acids is 1. The third-order valence-corrected chi connectivity index (χ3v) is 5.93. The zero-order valence-corrected chi connectivity index (χ0v) is 18.4. The van der Waals surface area contributed by atoms with Crippen LogP contribution < -0.4 is 4.90 Å². The second kappa shape index (κ2) is 6.76. The summed E-state index contributed by atoms with van der Waals surface area (Å²) in [6.45, 7) is 7.73. The number of benzene rings is 1. The highest BCUT2D eigenvalue weighted by atomic mass is 16.2. The highest BCUT2D eigenvalue weighted by molar-refractivity contribution is 6.05. The van der Waals surface area contributed by atoms with Gasteiger partial charge in [-0.3, -0.25) is 9.48 Å². The topological polar surface area (TPSA) is 84.5 Å². The van der Waals surface area contributed by atoms with Crippen molar-refractivity contribution >= 4 is 28.3 Å². The summed E-state index contributed by atoms with van der Waals surface area (Å²) in [6.07, 6.45) is 0. The number of carbonyl (C=O) groups is 1. The first-order valence-electron chi connectivity index (χ1n) is 10.4. The van der Waals surface area contributed by atoms with Gasteiger partial charge < -0.3 is 9.80 Å². The maximum Gasteiger partial charge on any atom is 0.275 e. The maximum absolute atomic E-state index is 13.1. The Kier molecular flexibility index (Phi) is 4.25. The molecule has 9 nitrogen and oxygen atoms in total. The fourth-order valence-corrected chi connectivity index (χ4v) is 4.01. The Morgan fingerprint density at radius 3 is 2.55 bits per heavy atom. The van der Waals surface area contributed by atoms with Gasteiger partial charge >= 0.3 is 0 Å². The molecule has 1 amide bonds. The van der Waals surface area contributed by atoms with Crippen LogP contribution in [-0.4, -0.2) is 66.6 Å². The Balaban J connectivity index is 1.34. The summed E-state index contributed by atoms with van der Waals surface area (Å²) < 4.78 is 3.58. The van der Waals surface area contributed by atoms with Crippen molar-refractivity contribution in [3.05, 3.63) is 47.9 Å². The minimum atomic E-state index is -0.152. The molecule has 9 heteroatoms. The predicted molar refractivity (Wildman–Crippen MR) is 118 cm³/mol. The normalized spacial score (nSPS) is 14.9. The molecular formula is C22H26N8O. The van der Waals surface area contributed by atoms with E-state index < -0.39 is 0 Å². The van der Waals surface area contributed by atoms with E-state index in [0.717, 1.165) is 41.3 Å². The van der Waals surface area contributed by atoms with E-state index in [9.17, 15) is 4.79 Å². The van der Waals surface area contributed by atoms with E-state index in [1.807, 2.05) is 55.0 Å². The molecular weight excluding hydrogens is 392 g/mol. The molecule has 4 aromatic rings. The van der Waals surface area contributed by atoms with E-state index in [-0.39, 0.29) is 17.4 Å². The van der Waals surface area contributed by atoms with Crippen molar-refractivity contribution in [1.82, 2.24) is 34.5 Å². The zero-order valence-electron chi connectivity index (χ0n) is 18.4. The van der Waals surface area contributed by atoms with Crippen molar-refractivity contribution in [3.8, 4) is 0 Å². The van der Waals surface area contributed by atoms with Gasteiger partial charge in [0.25, 0.3) is 5.91 Å². The number of anilines is 1. The number of aromatic nitrogens is 6. The van der Waals surface area contributed by atoms with Crippen molar-refractivity contribution < 1.29 is 4.79 Å². The van der Waals surface area contributed by atoms with Crippen molar-refractivity contribution in [3.63, 3.8) is 0 Å². The van der Waals surface area contributed by atoms with E-state index in [1.165, 1.54) is 0 Å². The second-order valence-corrected chi connectivity index (χ2v) is 9.20. The first kappa shape index (κ1) is 19.5. The van der Waals surface area contributed by atoms with Crippen LogP contribution in [0.1, 0.15) is 37.1 Å². The van der Waals surface area contributed by atoms with Crippen LogP contribution in [0.2, 0.25) is 0 Å². The highest BCUT2D eigenvalue weighted by Gasteiger charge is 2.35. The number of para-hydroxylation sites is 1. The number of hydrogen-bond acceptors (Lipinski definition) is 6. The van der Waals surface area contributed by atoms with E-state index in [2.05, 4.69) is 41.0 Å². The van der Waals surface area contributed by atoms with Crippen LogP contribution in [0.3, 0.4) is 0 Å². The van der Waals surface area contributed by atoms with E-state index in [1.54, 1.807) is 9.58 Å². The minimum Gasteiger partial charge on any atom is -0.351 e. The second-order valence-electron chi connectivity index (χ2n) is 9.20. The predicted octanol–water partition coefficient (Wildman–Crippen LogP) is 2.27. The van der Waals surface area contributed by atoms with Crippen molar-refractivity contribution in [1.29, 1.82) is 0 Å². The van der Waals surface area contributed by atoms with Gasteiger partial charge in [0.1, 0.15) is 5.82 Å². The molecule has 1 aliphatic rings. The molecule has 0 atom stereocenters. The standard InChI is InChI=1S/C22H26N8O/c1-22(2,3)21-24-23-17-10-11-18(25-30(17)21)29-12-14(13-29)27(4)20(31)19-15-8-6-7-9-16(15)28(5)26-19/h6-11,14H,12-13H2,1-5H3. The molecule has 160 valence electrons. The Labute approximate surface area is 180 Å². The average Bonchev–Trinajstić information content (AvgIpc) is 3.27. The summed E-state index contributed by atoms with van der Waals surface area (Å²) in [5.41, 5.74) is 2.04. The molecule has 0 N–H and O–H groups in total. The number of amides is 1. The third kappa shape index (κ3) is 3.11.